The molecule has 192 valence electrons. The number of rotatable bonds is 7. The van der Waals surface area contributed by atoms with Crippen LogP contribution in [-0.2, 0) is 11.3 Å². The Hall–Kier alpha value is -3.54. The molecule has 2 aliphatic rings. The van der Waals surface area contributed by atoms with E-state index in [9.17, 15) is 9.59 Å². The van der Waals surface area contributed by atoms with E-state index >= 15 is 0 Å². The maximum absolute atomic E-state index is 14.1. The highest BCUT2D eigenvalue weighted by atomic mass is 16.3. The molecular formula is C31H35N3O3. The lowest BCUT2D eigenvalue weighted by atomic mass is 9.98. The van der Waals surface area contributed by atoms with Gasteiger partial charge in [-0.1, -0.05) is 49.9 Å². The molecule has 2 saturated carbocycles. The van der Waals surface area contributed by atoms with E-state index in [2.05, 4.69) is 53.2 Å². The Labute approximate surface area is 217 Å². The maximum Gasteiger partial charge on any atom is 0.290 e. The minimum Gasteiger partial charge on any atom is -0.459 e. The SMILES string of the molecule is CCn1c2ccccc2c2cc(C(C(=O)NC3CCCC3)N(C(=O)c3ccco3)C3CCCC3)ccc21. The van der Waals surface area contributed by atoms with Crippen molar-refractivity contribution in [2.75, 3.05) is 0 Å². The second-order valence-electron chi connectivity index (χ2n) is 10.6. The molecule has 1 unspecified atom stereocenters. The third-order valence-electron chi connectivity index (χ3n) is 8.34. The van der Waals surface area contributed by atoms with Gasteiger partial charge in [-0.3, -0.25) is 9.59 Å². The van der Waals surface area contributed by atoms with Crippen LogP contribution in [-0.4, -0.2) is 33.4 Å². The van der Waals surface area contributed by atoms with E-state index in [1.165, 1.54) is 17.2 Å². The maximum atomic E-state index is 14.1. The molecule has 37 heavy (non-hydrogen) atoms. The first-order chi connectivity index (χ1) is 18.2. The Bertz CT molecular complexity index is 1410. The summed E-state index contributed by atoms with van der Waals surface area (Å²) in [6, 6.07) is 17.6. The van der Waals surface area contributed by atoms with Gasteiger partial charge in [0, 0.05) is 40.4 Å². The number of benzene rings is 2. The van der Waals surface area contributed by atoms with Crippen LogP contribution in [0, 0.1) is 0 Å². The monoisotopic (exact) mass is 497 g/mol. The van der Waals surface area contributed by atoms with Crippen LogP contribution in [0.25, 0.3) is 21.8 Å². The summed E-state index contributed by atoms with van der Waals surface area (Å²) < 4.78 is 7.86. The summed E-state index contributed by atoms with van der Waals surface area (Å²) in [5.74, 6) is -0.00827. The molecular weight excluding hydrogens is 462 g/mol. The van der Waals surface area contributed by atoms with Crippen molar-refractivity contribution < 1.29 is 14.0 Å². The molecule has 1 N–H and O–H groups in total. The van der Waals surface area contributed by atoms with E-state index in [1.807, 2.05) is 11.0 Å². The van der Waals surface area contributed by atoms with Crippen LogP contribution in [0.5, 0.6) is 0 Å². The minimum absolute atomic E-state index is 0.00427. The van der Waals surface area contributed by atoms with Gasteiger partial charge in [0.2, 0.25) is 5.91 Å². The second-order valence-corrected chi connectivity index (χ2v) is 10.6. The van der Waals surface area contributed by atoms with E-state index < -0.39 is 6.04 Å². The highest BCUT2D eigenvalue weighted by Gasteiger charge is 2.40. The summed E-state index contributed by atoms with van der Waals surface area (Å²) in [4.78, 5) is 29.8. The van der Waals surface area contributed by atoms with Gasteiger partial charge in [0.25, 0.3) is 5.91 Å². The van der Waals surface area contributed by atoms with Crippen LogP contribution in [0.2, 0.25) is 0 Å². The number of fused-ring (bicyclic) bond motifs is 3. The number of amides is 2. The van der Waals surface area contributed by atoms with Crippen molar-refractivity contribution in [1.29, 1.82) is 0 Å². The lowest BCUT2D eigenvalue weighted by molar-refractivity contribution is -0.127. The lowest BCUT2D eigenvalue weighted by Crippen LogP contribution is -2.49. The number of hydrogen-bond donors (Lipinski definition) is 1. The predicted octanol–water partition coefficient (Wildman–Crippen LogP) is 6.59. The summed E-state index contributed by atoms with van der Waals surface area (Å²) in [6.07, 6.45) is 9.71. The van der Waals surface area contributed by atoms with Crippen molar-refractivity contribution in [1.82, 2.24) is 14.8 Å². The van der Waals surface area contributed by atoms with Gasteiger partial charge in [0.1, 0.15) is 6.04 Å². The molecule has 1 atom stereocenters. The number of carbonyl (C=O) groups excluding carboxylic acids is 2. The summed E-state index contributed by atoms with van der Waals surface area (Å²) >= 11 is 0. The van der Waals surface area contributed by atoms with Crippen LogP contribution in [0.4, 0.5) is 0 Å². The average molecular weight is 498 g/mol. The molecule has 0 aliphatic heterocycles. The van der Waals surface area contributed by atoms with Crippen molar-refractivity contribution in [3.05, 3.63) is 72.2 Å². The topological polar surface area (TPSA) is 67.5 Å². The number of nitrogens with zero attached hydrogens (tertiary/aromatic N) is 2. The number of hydrogen-bond acceptors (Lipinski definition) is 3. The normalized spacial score (nSPS) is 17.5. The molecule has 6 rings (SSSR count). The van der Waals surface area contributed by atoms with Gasteiger partial charge in [0.15, 0.2) is 5.76 Å². The molecule has 2 aliphatic carbocycles. The third-order valence-corrected chi connectivity index (χ3v) is 8.34. The fourth-order valence-electron chi connectivity index (χ4n) is 6.57. The largest absolute Gasteiger partial charge is 0.459 e. The van der Waals surface area contributed by atoms with Crippen LogP contribution in [0.15, 0.2) is 65.3 Å². The van der Waals surface area contributed by atoms with Gasteiger partial charge in [-0.15, -0.1) is 0 Å². The molecule has 0 spiro atoms. The fourth-order valence-corrected chi connectivity index (χ4v) is 6.57. The molecule has 2 amide bonds. The number of aromatic nitrogens is 1. The van der Waals surface area contributed by atoms with Crippen LogP contribution < -0.4 is 5.32 Å². The zero-order chi connectivity index (χ0) is 25.4. The molecule has 4 aromatic rings. The van der Waals surface area contributed by atoms with Gasteiger partial charge in [-0.25, -0.2) is 0 Å². The van der Waals surface area contributed by atoms with Gasteiger partial charge < -0.3 is 19.2 Å². The molecule has 2 aromatic carbocycles. The first kappa shape index (κ1) is 23.8. The Balaban J connectivity index is 1.50. The Morgan fingerprint density at radius 1 is 0.946 bits per heavy atom. The van der Waals surface area contributed by atoms with E-state index in [0.29, 0.717) is 0 Å². The van der Waals surface area contributed by atoms with E-state index in [4.69, 9.17) is 4.42 Å². The van der Waals surface area contributed by atoms with Gasteiger partial charge >= 0.3 is 0 Å². The molecule has 2 fully saturated rings. The van der Waals surface area contributed by atoms with Crippen molar-refractivity contribution >= 4 is 33.6 Å². The molecule has 0 radical (unpaired) electrons. The van der Waals surface area contributed by atoms with E-state index in [-0.39, 0.29) is 29.7 Å². The van der Waals surface area contributed by atoms with Crippen LogP contribution in [0.3, 0.4) is 0 Å². The first-order valence-electron chi connectivity index (χ1n) is 13.8. The Morgan fingerprint density at radius 3 is 2.41 bits per heavy atom. The van der Waals surface area contributed by atoms with Crippen molar-refractivity contribution in [3.63, 3.8) is 0 Å². The lowest BCUT2D eigenvalue weighted by Gasteiger charge is -2.36. The van der Waals surface area contributed by atoms with Crippen LogP contribution in [0.1, 0.15) is 80.5 Å². The number of para-hydroxylation sites is 1. The Kier molecular flexibility index (Phi) is 6.49. The molecule has 0 bridgehead atoms. The zero-order valence-electron chi connectivity index (χ0n) is 21.5. The van der Waals surface area contributed by atoms with Gasteiger partial charge in [-0.05, 0) is 68.5 Å². The van der Waals surface area contributed by atoms with Crippen molar-refractivity contribution in [2.24, 2.45) is 0 Å². The van der Waals surface area contributed by atoms with Gasteiger partial charge in [0.05, 0.1) is 6.26 Å². The van der Waals surface area contributed by atoms with Crippen molar-refractivity contribution in [2.45, 2.75) is 83.0 Å². The first-order valence-corrected chi connectivity index (χ1v) is 13.8. The van der Waals surface area contributed by atoms with E-state index in [1.54, 1.807) is 12.1 Å². The predicted molar refractivity (Wildman–Crippen MR) is 145 cm³/mol. The fraction of sp³-hybridized carbons (Fsp3) is 0.419. The second kappa shape index (κ2) is 10.1. The quantitative estimate of drug-likeness (QED) is 0.313. The standard InChI is InChI=1S/C31H35N3O3/c1-2-33-26-15-8-7-14-24(26)25-20-21(17-18-27(25)33)29(30(35)32-22-10-3-4-11-22)34(23-12-5-6-13-23)31(36)28-16-9-19-37-28/h7-9,14-20,22-23,29H,2-6,10-13H2,1H3,(H,32,35). The number of furan rings is 1. The summed E-state index contributed by atoms with van der Waals surface area (Å²) in [6.45, 7) is 3.02. The summed E-state index contributed by atoms with van der Waals surface area (Å²) in [7, 11) is 0. The highest BCUT2D eigenvalue weighted by molar-refractivity contribution is 6.08. The highest BCUT2D eigenvalue weighted by Crippen LogP contribution is 2.37. The van der Waals surface area contributed by atoms with Crippen molar-refractivity contribution in [3.8, 4) is 0 Å². The number of nitrogens with one attached hydrogen (secondary N) is 1. The average Bonchev–Trinajstić information content (AvgIpc) is 3.73. The smallest absolute Gasteiger partial charge is 0.290 e. The summed E-state index contributed by atoms with van der Waals surface area (Å²) in [5, 5.41) is 5.60. The molecule has 6 nitrogen and oxygen atoms in total. The minimum atomic E-state index is -0.713. The van der Waals surface area contributed by atoms with Crippen LogP contribution >= 0.6 is 0 Å². The molecule has 2 heterocycles. The third kappa shape index (κ3) is 4.32. The molecule has 2 aromatic heterocycles. The molecule has 0 saturated heterocycles. The zero-order valence-corrected chi connectivity index (χ0v) is 21.5. The molecule has 6 heteroatoms. The van der Waals surface area contributed by atoms with E-state index in [0.717, 1.165) is 74.4 Å². The number of aryl methyl sites for hydroxylation is 1. The van der Waals surface area contributed by atoms with Gasteiger partial charge in [-0.2, -0.15) is 0 Å². The number of carbonyl (C=O) groups is 2. The Morgan fingerprint density at radius 2 is 1.68 bits per heavy atom. The summed E-state index contributed by atoms with van der Waals surface area (Å²) in [5.41, 5.74) is 3.18.